The molecule has 0 aromatic carbocycles. The summed E-state index contributed by atoms with van der Waals surface area (Å²) in [5.74, 6) is -0.412. The highest BCUT2D eigenvalue weighted by molar-refractivity contribution is 5.86. The molecular weight excluding hydrogens is 568 g/mol. The van der Waals surface area contributed by atoms with E-state index in [1.807, 2.05) is 0 Å². The highest BCUT2D eigenvalue weighted by Crippen LogP contribution is 1.92. The van der Waals surface area contributed by atoms with Crippen molar-refractivity contribution in [1.29, 1.82) is 0 Å². The Balaban J connectivity index is 3.06. The van der Waals surface area contributed by atoms with Crippen molar-refractivity contribution in [2.75, 3.05) is 152 Å². The summed E-state index contributed by atoms with van der Waals surface area (Å²) in [5.41, 5.74) is 0.371. The van der Waals surface area contributed by atoms with Gasteiger partial charge in [-0.2, -0.15) is 0 Å². The quantitative estimate of drug-likeness (QED) is 0.0568. The Hall–Kier alpha value is -1.23. The van der Waals surface area contributed by atoms with Crippen molar-refractivity contribution in [3.63, 3.8) is 0 Å². The molecular formula is C30H58O13. The molecule has 43 heavy (non-hydrogen) atoms. The lowest BCUT2D eigenvalue weighted by Crippen LogP contribution is -2.15. The largest absolute Gasteiger partial charge is 0.460 e. The van der Waals surface area contributed by atoms with Crippen molar-refractivity contribution < 1.29 is 61.6 Å². The minimum atomic E-state index is -0.412. The number of carbonyl (C=O) groups excluding carboxylic acids is 1. The summed E-state index contributed by atoms with van der Waals surface area (Å²) >= 11 is 0. The smallest absolute Gasteiger partial charge is 0.333 e. The highest BCUT2D eigenvalue weighted by atomic mass is 16.6. The Morgan fingerprint density at radius 1 is 0.395 bits per heavy atom. The number of hydrogen-bond acceptors (Lipinski definition) is 13. The first-order valence-corrected chi connectivity index (χ1v) is 15.4. The molecule has 0 heterocycles. The van der Waals surface area contributed by atoms with E-state index in [0.29, 0.717) is 144 Å². The Morgan fingerprint density at radius 3 is 0.814 bits per heavy atom. The topological polar surface area (TPSA) is 128 Å². The van der Waals surface area contributed by atoms with Gasteiger partial charge in [-0.3, -0.25) is 0 Å². The lowest BCUT2D eigenvalue weighted by atomic mass is 10.4. The number of ether oxygens (including phenoxy) is 12. The molecule has 0 aromatic rings. The molecule has 0 saturated heterocycles. The molecule has 0 aliphatic carbocycles. The third-order valence-electron chi connectivity index (χ3n) is 5.17. The molecule has 0 rings (SSSR count). The van der Waals surface area contributed by atoms with E-state index in [4.69, 9.17) is 56.8 Å². The van der Waals surface area contributed by atoms with Gasteiger partial charge in [-0.15, -0.1) is 0 Å². The van der Waals surface area contributed by atoms with Crippen molar-refractivity contribution in [2.24, 2.45) is 0 Å². The predicted molar refractivity (Wildman–Crippen MR) is 160 cm³/mol. The van der Waals surface area contributed by atoms with Crippen LogP contribution in [0.5, 0.6) is 0 Å². The second kappa shape index (κ2) is 37.0. The fourth-order valence-electron chi connectivity index (χ4n) is 2.86. The van der Waals surface area contributed by atoms with E-state index < -0.39 is 5.97 Å². The number of esters is 1. The van der Waals surface area contributed by atoms with Crippen LogP contribution in [0.4, 0.5) is 0 Å². The van der Waals surface area contributed by atoms with Gasteiger partial charge in [-0.05, 0) is 13.3 Å². The standard InChI is InChI=1S/C30H58O13/c1-4-5-6-32-7-8-33-9-10-34-11-12-35-13-14-36-15-16-37-17-18-38-19-20-39-21-22-40-23-24-41-25-26-42-27-28-43-30(31)29(2)3/h2,4-28H2,1,3H3. The first-order valence-electron chi connectivity index (χ1n) is 15.4. The summed E-state index contributed by atoms with van der Waals surface area (Å²) in [6.07, 6.45) is 2.24. The molecule has 0 fully saturated rings. The number of hydrogen-bond donors (Lipinski definition) is 0. The van der Waals surface area contributed by atoms with Gasteiger partial charge in [0.15, 0.2) is 0 Å². The highest BCUT2D eigenvalue weighted by Gasteiger charge is 2.02. The van der Waals surface area contributed by atoms with Crippen LogP contribution in [0, 0.1) is 0 Å². The third-order valence-corrected chi connectivity index (χ3v) is 5.17. The first kappa shape index (κ1) is 41.8. The van der Waals surface area contributed by atoms with Crippen LogP contribution in [0.25, 0.3) is 0 Å². The minimum Gasteiger partial charge on any atom is -0.460 e. The molecule has 0 spiro atoms. The Bertz CT molecular complexity index is 580. The monoisotopic (exact) mass is 626 g/mol. The molecule has 0 saturated carbocycles. The Labute approximate surface area is 258 Å². The normalized spacial score (nSPS) is 11.3. The molecule has 13 heteroatoms. The molecule has 0 amide bonds. The maximum absolute atomic E-state index is 11.2. The van der Waals surface area contributed by atoms with Crippen LogP contribution in [0.2, 0.25) is 0 Å². The Morgan fingerprint density at radius 2 is 0.605 bits per heavy atom. The molecule has 13 nitrogen and oxygen atoms in total. The lowest BCUT2D eigenvalue weighted by molar-refractivity contribution is -0.140. The van der Waals surface area contributed by atoms with Gasteiger partial charge in [0, 0.05) is 12.2 Å². The van der Waals surface area contributed by atoms with Gasteiger partial charge >= 0.3 is 5.97 Å². The average molecular weight is 627 g/mol. The van der Waals surface area contributed by atoms with E-state index >= 15 is 0 Å². The van der Waals surface area contributed by atoms with Crippen LogP contribution >= 0.6 is 0 Å². The molecule has 0 unspecified atom stereocenters. The van der Waals surface area contributed by atoms with Crippen molar-refractivity contribution >= 4 is 5.97 Å². The summed E-state index contributed by atoms with van der Waals surface area (Å²) in [6.45, 7) is 18.8. The molecule has 256 valence electrons. The summed E-state index contributed by atoms with van der Waals surface area (Å²) in [7, 11) is 0. The molecule has 0 N–H and O–H groups in total. The van der Waals surface area contributed by atoms with Crippen LogP contribution in [-0.2, 0) is 61.6 Å². The third kappa shape index (κ3) is 36.9. The molecule has 0 aliphatic heterocycles. The van der Waals surface area contributed by atoms with E-state index in [0.717, 1.165) is 19.4 Å². The first-order chi connectivity index (χ1) is 21.2. The van der Waals surface area contributed by atoms with Crippen LogP contribution in [0.1, 0.15) is 26.7 Å². The number of rotatable bonds is 37. The van der Waals surface area contributed by atoms with Crippen molar-refractivity contribution in [1.82, 2.24) is 0 Å². The number of carbonyl (C=O) groups is 1. The zero-order valence-corrected chi connectivity index (χ0v) is 26.7. The second-order valence-corrected chi connectivity index (χ2v) is 9.01. The average Bonchev–Trinajstić information content (AvgIpc) is 3.00. The van der Waals surface area contributed by atoms with Gasteiger partial charge in [-0.1, -0.05) is 19.9 Å². The second-order valence-electron chi connectivity index (χ2n) is 9.01. The lowest BCUT2D eigenvalue weighted by Gasteiger charge is -2.09. The van der Waals surface area contributed by atoms with E-state index in [9.17, 15) is 4.79 Å². The van der Waals surface area contributed by atoms with E-state index in [2.05, 4.69) is 13.5 Å². The summed E-state index contributed by atoms with van der Waals surface area (Å²) < 4.78 is 64.6. The van der Waals surface area contributed by atoms with E-state index in [-0.39, 0.29) is 6.61 Å². The van der Waals surface area contributed by atoms with Crippen molar-refractivity contribution in [2.45, 2.75) is 26.7 Å². The van der Waals surface area contributed by atoms with Crippen LogP contribution < -0.4 is 0 Å². The maximum atomic E-state index is 11.2. The predicted octanol–water partition coefficient (Wildman–Crippen LogP) is 2.09. The van der Waals surface area contributed by atoms with Gasteiger partial charge < -0.3 is 56.8 Å². The minimum absolute atomic E-state index is 0.201. The maximum Gasteiger partial charge on any atom is 0.333 e. The Kier molecular flexibility index (Phi) is 35.9. The molecule has 0 bridgehead atoms. The van der Waals surface area contributed by atoms with Gasteiger partial charge in [0.05, 0.1) is 139 Å². The van der Waals surface area contributed by atoms with Crippen molar-refractivity contribution in [3.05, 3.63) is 12.2 Å². The van der Waals surface area contributed by atoms with Gasteiger partial charge in [0.1, 0.15) is 6.61 Å². The van der Waals surface area contributed by atoms with E-state index in [1.165, 1.54) is 0 Å². The zero-order chi connectivity index (χ0) is 31.3. The fraction of sp³-hybridized carbons (Fsp3) is 0.900. The fourth-order valence-corrected chi connectivity index (χ4v) is 2.86. The summed E-state index contributed by atoms with van der Waals surface area (Å²) in [5, 5.41) is 0. The van der Waals surface area contributed by atoms with Crippen LogP contribution in [-0.4, -0.2) is 158 Å². The number of unbranched alkanes of at least 4 members (excludes halogenated alkanes) is 1. The zero-order valence-electron chi connectivity index (χ0n) is 26.7. The summed E-state index contributed by atoms with van der Waals surface area (Å²) in [4.78, 5) is 11.2. The SMILES string of the molecule is C=C(C)C(=O)OCCOCCOCCOCCOCCOCCOCCOCCOCCOCCOCCOCCCC. The molecule has 0 radical (unpaired) electrons. The molecule has 0 aliphatic rings. The van der Waals surface area contributed by atoms with Gasteiger partial charge in [-0.25, -0.2) is 4.79 Å². The summed E-state index contributed by atoms with van der Waals surface area (Å²) in [6, 6.07) is 0. The van der Waals surface area contributed by atoms with Gasteiger partial charge in [0.2, 0.25) is 0 Å². The van der Waals surface area contributed by atoms with Crippen LogP contribution in [0.15, 0.2) is 12.2 Å². The van der Waals surface area contributed by atoms with Gasteiger partial charge in [0.25, 0.3) is 0 Å². The van der Waals surface area contributed by atoms with E-state index in [1.54, 1.807) is 6.92 Å². The molecule has 0 aromatic heterocycles. The van der Waals surface area contributed by atoms with Crippen molar-refractivity contribution in [3.8, 4) is 0 Å². The molecule has 0 atom stereocenters. The van der Waals surface area contributed by atoms with Crippen LogP contribution in [0.3, 0.4) is 0 Å².